The van der Waals surface area contributed by atoms with Crippen LogP contribution in [0.1, 0.15) is 51.7 Å². The van der Waals surface area contributed by atoms with Crippen LogP contribution in [0.25, 0.3) is 0 Å². The second-order valence-electron chi connectivity index (χ2n) is 8.95. The van der Waals surface area contributed by atoms with Crippen molar-refractivity contribution < 1.29 is 61.0 Å². The zero-order valence-electron chi connectivity index (χ0n) is 20.8. The summed E-state index contributed by atoms with van der Waals surface area (Å²) in [5.74, 6) is 0.599. The molecule has 3 rings (SSSR count). The predicted octanol–water partition coefficient (Wildman–Crippen LogP) is 0.416. The van der Waals surface area contributed by atoms with Crippen molar-refractivity contribution >= 4 is 35.2 Å². The van der Waals surface area contributed by atoms with Crippen molar-refractivity contribution in [3.05, 3.63) is 22.7 Å². The number of rotatable bonds is 14. The Kier molecular flexibility index (Phi) is 12.0. The van der Waals surface area contributed by atoms with Gasteiger partial charge in [0.25, 0.3) is 23.5 Å². The average Bonchev–Trinajstić information content (AvgIpc) is 3.13. The summed E-state index contributed by atoms with van der Waals surface area (Å²) in [4.78, 5) is 52.0. The molecule has 0 bridgehead atoms. The highest BCUT2D eigenvalue weighted by molar-refractivity contribution is 7.99. The van der Waals surface area contributed by atoms with Gasteiger partial charge in [0.05, 0.1) is 13.2 Å². The molecular formula is C19H30N2O14P3S-3. The average molecular weight is 635 g/mol. The lowest BCUT2D eigenvalue weighted by atomic mass is 9.90. The number of phosphoric ester groups is 2. The monoisotopic (exact) mass is 635 g/mol. The summed E-state index contributed by atoms with van der Waals surface area (Å²) in [6.45, 7) is 0.561. The minimum atomic E-state index is -6.03. The standard InChI is InChI=1S/C19H33N2O14P3S/c1-2-10-39-15-8-9-21(19(24)20-15)18-17(23)16(22)14(33-18)12-32-37(27,28)35-38(29,30)34-36(25,26)31-11-13-6-4-3-5-7-13/h8-9,13-14,16-18,22-23H,2-7,10-12H2,1H3,(H,25,26)(H,27,28)(H,29,30)/p-3/t14-,16?,17+,18-/m1/s1. The van der Waals surface area contributed by atoms with Crippen molar-refractivity contribution in [1.82, 2.24) is 9.55 Å². The summed E-state index contributed by atoms with van der Waals surface area (Å²) < 4.78 is 58.6. The van der Waals surface area contributed by atoms with E-state index >= 15 is 0 Å². The zero-order chi connectivity index (χ0) is 28.8. The smallest absolute Gasteiger partial charge is 0.350 e. The molecule has 7 atom stereocenters. The van der Waals surface area contributed by atoms with Crippen molar-refractivity contribution in [3.63, 3.8) is 0 Å². The molecule has 1 saturated heterocycles. The quantitative estimate of drug-likeness (QED) is 0.160. The molecule has 2 aliphatic rings. The van der Waals surface area contributed by atoms with E-state index in [2.05, 4.69) is 22.7 Å². The third kappa shape index (κ3) is 10.1. The van der Waals surface area contributed by atoms with Crippen molar-refractivity contribution in [2.75, 3.05) is 19.0 Å². The second kappa shape index (κ2) is 14.1. The van der Waals surface area contributed by atoms with Gasteiger partial charge in [0.15, 0.2) is 6.23 Å². The molecule has 1 aliphatic heterocycles. The van der Waals surface area contributed by atoms with Crippen LogP contribution in [-0.2, 0) is 36.1 Å². The Bertz CT molecular complexity index is 1160. The number of thioether (sulfide) groups is 1. The Morgan fingerprint density at radius 1 is 1.03 bits per heavy atom. The van der Waals surface area contributed by atoms with Crippen LogP contribution in [-0.4, -0.2) is 57.0 Å². The first-order valence-corrected chi connectivity index (χ1v) is 17.5. The van der Waals surface area contributed by atoms with E-state index in [4.69, 9.17) is 4.74 Å². The molecule has 0 radical (unpaired) electrons. The van der Waals surface area contributed by atoms with E-state index in [0.717, 1.165) is 36.0 Å². The van der Waals surface area contributed by atoms with Crippen molar-refractivity contribution in [2.24, 2.45) is 5.92 Å². The molecular weight excluding hydrogens is 605 g/mol. The van der Waals surface area contributed by atoms with Crippen LogP contribution in [0.5, 0.6) is 0 Å². The number of phosphoric acid groups is 3. The molecule has 16 nitrogen and oxygen atoms in total. The summed E-state index contributed by atoms with van der Waals surface area (Å²) >= 11 is 1.33. The topological polar surface area (TPSA) is 242 Å². The van der Waals surface area contributed by atoms with Crippen molar-refractivity contribution in [2.45, 2.75) is 75.0 Å². The maximum Gasteiger partial charge on any atom is 0.350 e. The number of ether oxygens (including phenoxy) is 1. The molecule has 4 unspecified atom stereocenters. The minimum Gasteiger partial charge on any atom is -0.756 e. The molecule has 1 saturated carbocycles. The summed E-state index contributed by atoms with van der Waals surface area (Å²) in [5.41, 5.74) is -0.802. The number of nitrogens with zero attached hydrogens (tertiary/aromatic N) is 2. The van der Waals surface area contributed by atoms with E-state index in [1.807, 2.05) is 6.92 Å². The SMILES string of the molecule is CCCSc1ccn([C@@H]2O[C@H](COP(=O)([O-])OP(=O)([O-])OP(=O)([O-])OCC3CCCCC3)C(O)[C@@H]2O)c(=O)n1. The van der Waals surface area contributed by atoms with Gasteiger partial charge in [-0.15, -0.1) is 11.8 Å². The van der Waals surface area contributed by atoms with E-state index in [0.29, 0.717) is 17.9 Å². The van der Waals surface area contributed by atoms with Gasteiger partial charge in [-0.25, -0.2) is 13.4 Å². The molecule has 224 valence electrons. The Hall–Kier alpha value is -0.480. The molecule has 0 spiro atoms. The molecule has 2 fully saturated rings. The normalized spacial score (nSPS) is 29.0. The van der Waals surface area contributed by atoms with Crippen LogP contribution in [0, 0.1) is 5.92 Å². The van der Waals surface area contributed by atoms with Gasteiger partial charge in [0.1, 0.15) is 23.3 Å². The molecule has 1 aromatic rings. The highest BCUT2D eigenvalue weighted by Gasteiger charge is 2.45. The summed E-state index contributed by atoms with van der Waals surface area (Å²) in [7, 11) is -17.3. The summed E-state index contributed by atoms with van der Waals surface area (Å²) in [6, 6.07) is 1.49. The van der Waals surface area contributed by atoms with Crippen molar-refractivity contribution in [3.8, 4) is 0 Å². The van der Waals surface area contributed by atoms with Crippen LogP contribution in [0.15, 0.2) is 22.1 Å². The fourth-order valence-electron chi connectivity index (χ4n) is 4.00. The Balaban J connectivity index is 1.54. The fourth-order valence-corrected chi connectivity index (χ4v) is 8.16. The first-order chi connectivity index (χ1) is 18.2. The van der Waals surface area contributed by atoms with E-state index in [9.17, 15) is 43.4 Å². The molecule has 20 heteroatoms. The number of hydrogen-bond donors (Lipinski definition) is 2. The largest absolute Gasteiger partial charge is 0.756 e. The lowest BCUT2D eigenvalue weighted by molar-refractivity contribution is -0.252. The van der Waals surface area contributed by atoms with Crippen LogP contribution in [0.2, 0.25) is 0 Å². The Morgan fingerprint density at radius 3 is 2.23 bits per heavy atom. The molecule has 2 heterocycles. The van der Waals surface area contributed by atoms with Gasteiger partial charge in [-0.2, -0.15) is 4.98 Å². The summed E-state index contributed by atoms with van der Waals surface area (Å²) in [6.07, 6.45) is -0.263. The van der Waals surface area contributed by atoms with Crippen LogP contribution in [0.4, 0.5) is 0 Å². The summed E-state index contributed by atoms with van der Waals surface area (Å²) in [5, 5.41) is 21.0. The van der Waals surface area contributed by atoms with Gasteiger partial charge < -0.3 is 38.7 Å². The van der Waals surface area contributed by atoms with Gasteiger partial charge in [0.2, 0.25) is 0 Å². The molecule has 0 amide bonds. The number of aliphatic hydroxyl groups excluding tert-OH is 2. The lowest BCUT2D eigenvalue weighted by Crippen LogP contribution is -2.36. The molecule has 1 aromatic heterocycles. The fraction of sp³-hybridized carbons (Fsp3) is 0.789. The van der Waals surface area contributed by atoms with Gasteiger partial charge in [0, 0.05) is 6.20 Å². The van der Waals surface area contributed by atoms with Gasteiger partial charge in [-0.1, -0.05) is 26.2 Å². The predicted molar refractivity (Wildman–Crippen MR) is 129 cm³/mol. The van der Waals surface area contributed by atoms with E-state index in [-0.39, 0.29) is 12.5 Å². The third-order valence-electron chi connectivity index (χ3n) is 5.86. The highest BCUT2D eigenvalue weighted by atomic mass is 32.2. The highest BCUT2D eigenvalue weighted by Crippen LogP contribution is 2.63. The number of hydrogen-bond acceptors (Lipinski definition) is 16. The maximum atomic E-state index is 12.4. The number of aromatic nitrogens is 2. The van der Waals surface area contributed by atoms with Crippen LogP contribution < -0.4 is 20.4 Å². The maximum absolute atomic E-state index is 12.4. The van der Waals surface area contributed by atoms with Gasteiger partial charge in [-0.05, 0) is 37.0 Å². The van der Waals surface area contributed by atoms with E-state index < -0.39 is 60.3 Å². The minimum absolute atomic E-state index is 0.118. The van der Waals surface area contributed by atoms with Gasteiger partial charge in [-0.3, -0.25) is 18.3 Å². The molecule has 0 aromatic carbocycles. The van der Waals surface area contributed by atoms with Crippen molar-refractivity contribution in [1.29, 1.82) is 0 Å². The van der Waals surface area contributed by atoms with E-state index in [1.165, 1.54) is 24.0 Å². The molecule has 2 N–H and O–H groups in total. The first kappa shape index (κ1) is 33.0. The molecule has 1 aliphatic carbocycles. The third-order valence-corrected chi connectivity index (χ3v) is 11.1. The molecule has 39 heavy (non-hydrogen) atoms. The van der Waals surface area contributed by atoms with Crippen LogP contribution >= 0.6 is 35.2 Å². The lowest BCUT2D eigenvalue weighted by Gasteiger charge is -2.35. The second-order valence-corrected chi connectivity index (χ2v) is 14.6. The first-order valence-electron chi connectivity index (χ1n) is 12.1. The van der Waals surface area contributed by atoms with E-state index in [1.54, 1.807) is 0 Å². The Morgan fingerprint density at radius 2 is 1.64 bits per heavy atom. The Labute approximate surface area is 228 Å². The van der Waals surface area contributed by atoms with Gasteiger partial charge >= 0.3 is 5.69 Å². The zero-order valence-corrected chi connectivity index (χ0v) is 24.3. The number of aliphatic hydroxyl groups is 2. The van der Waals surface area contributed by atoms with Crippen LogP contribution in [0.3, 0.4) is 0 Å².